The van der Waals surface area contributed by atoms with Crippen LogP contribution in [0.15, 0.2) is 0 Å². The van der Waals surface area contributed by atoms with Crippen molar-refractivity contribution < 1.29 is 23.9 Å². The number of rotatable bonds is 9. The molecule has 3 amide bonds. The van der Waals surface area contributed by atoms with Crippen LogP contribution in [-0.4, -0.2) is 48.9 Å². The number of hydrogen-bond acceptors (Lipinski definition) is 5. The summed E-state index contributed by atoms with van der Waals surface area (Å²) in [5.41, 5.74) is 0.274. The maximum Gasteiger partial charge on any atom is 0.408 e. The van der Waals surface area contributed by atoms with Crippen LogP contribution in [0.3, 0.4) is 0 Å². The first-order valence-corrected chi connectivity index (χ1v) is 11.1. The minimum absolute atomic E-state index is 0.0906. The molecule has 1 aliphatic heterocycles. The van der Waals surface area contributed by atoms with Crippen molar-refractivity contribution in [2.75, 3.05) is 6.54 Å². The number of ether oxygens (including phenoxy) is 1. The lowest BCUT2D eigenvalue weighted by Gasteiger charge is -2.34. The first-order chi connectivity index (χ1) is 14.1. The SMILES string of the molecule is CC(C)C[C@H](NC(=O)OC1CCC(C)(C)CC1)C(=O)N[C@H](C=O)C[C@@H]1CCNC1=O. The van der Waals surface area contributed by atoms with Crippen LogP contribution in [-0.2, 0) is 19.1 Å². The monoisotopic (exact) mass is 423 g/mol. The largest absolute Gasteiger partial charge is 0.446 e. The summed E-state index contributed by atoms with van der Waals surface area (Å²) in [7, 11) is 0. The minimum atomic E-state index is -0.794. The fourth-order valence-corrected chi connectivity index (χ4v) is 4.13. The lowest BCUT2D eigenvalue weighted by atomic mass is 9.76. The summed E-state index contributed by atoms with van der Waals surface area (Å²) in [5, 5.41) is 8.09. The topological polar surface area (TPSA) is 114 Å². The zero-order valence-electron chi connectivity index (χ0n) is 18.7. The lowest BCUT2D eigenvalue weighted by molar-refractivity contribution is -0.127. The molecule has 1 heterocycles. The second-order valence-corrected chi connectivity index (χ2v) is 9.86. The van der Waals surface area contributed by atoms with Gasteiger partial charge in [-0.2, -0.15) is 0 Å². The van der Waals surface area contributed by atoms with E-state index in [2.05, 4.69) is 29.8 Å². The number of amides is 3. The van der Waals surface area contributed by atoms with Gasteiger partial charge in [0, 0.05) is 12.5 Å². The molecule has 1 saturated carbocycles. The van der Waals surface area contributed by atoms with Crippen LogP contribution in [0, 0.1) is 17.3 Å². The zero-order valence-corrected chi connectivity index (χ0v) is 18.7. The zero-order chi connectivity index (χ0) is 22.3. The van der Waals surface area contributed by atoms with E-state index in [0.29, 0.717) is 25.7 Å². The molecule has 1 aliphatic carbocycles. The molecule has 0 radical (unpaired) electrons. The Morgan fingerprint density at radius 2 is 1.87 bits per heavy atom. The van der Waals surface area contributed by atoms with Gasteiger partial charge in [-0.25, -0.2) is 4.79 Å². The van der Waals surface area contributed by atoms with Gasteiger partial charge in [0.1, 0.15) is 18.4 Å². The van der Waals surface area contributed by atoms with Crippen molar-refractivity contribution in [2.24, 2.45) is 17.3 Å². The molecular formula is C22H37N3O5. The highest BCUT2D eigenvalue weighted by Crippen LogP contribution is 2.36. The van der Waals surface area contributed by atoms with Crippen molar-refractivity contribution in [1.29, 1.82) is 0 Å². The fourth-order valence-electron chi connectivity index (χ4n) is 4.13. The van der Waals surface area contributed by atoms with Crippen LogP contribution in [0.2, 0.25) is 0 Å². The van der Waals surface area contributed by atoms with Crippen molar-refractivity contribution in [3.05, 3.63) is 0 Å². The van der Waals surface area contributed by atoms with E-state index in [0.717, 1.165) is 25.7 Å². The molecule has 2 aliphatic rings. The van der Waals surface area contributed by atoms with E-state index in [9.17, 15) is 19.2 Å². The highest BCUT2D eigenvalue weighted by Gasteiger charge is 2.32. The molecule has 0 aromatic carbocycles. The quantitative estimate of drug-likeness (QED) is 0.493. The number of carbonyl (C=O) groups is 4. The molecule has 170 valence electrons. The molecule has 0 unspecified atom stereocenters. The molecular weight excluding hydrogens is 386 g/mol. The van der Waals surface area contributed by atoms with Crippen molar-refractivity contribution in [1.82, 2.24) is 16.0 Å². The van der Waals surface area contributed by atoms with E-state index in [1.807, 2.05) is 13.8 Å². The van der Waals surface area contributed by atoms with Crippen LogP contribution < -0.4 is 16.0 Å². The highest BCUT2D eigenvalue weighted by molar-refractivity contribution is 5.88. The Balaban J connectivity index is 1.89. The highest BCUT2D eigenvalue weighted by atomic mass is 16.6. The van der Waals surface area contributed by atoms with Gasteiger partial charge in [-0.05, 0) is 56.3 Å². The van der Waals surface area contributed by atoms with Gasteiger partial charge in [0.25, 0.3) is 0 Å². The van der Waals surface area contributed by atoms with Crippen molar-refractivity contribution >= 4 is 24.2 Å². The van der Waals surface area contributed by atoms with Crippen LogP contribution in [0.5, 0.6) is 0 Å². The molecule has 0 aromatic rings. The van der Waals surface area contributed by atoms with Crippen molar-refractivity contribution in [2.45, 2.75) is 90.8 Å². The van der Waals surface area contributed by atoms with E-state index < -0.39 is 24.1 Å². The number of carbonyl (C=O) groups excluding carboxylic acids is 4. The first kappa shape index (κ1) is 24.2. The molecule has 2 rings (SSSR count). The summed E-state index contributed by atoms with van der Waals surface area (Å²) in [4.78, 5) is 48.4. The van der Waals surface area contributed by atoms with Crippen LogP contribution in [0.1, 0.15) is 72.6 Å². The van der Waals surface area contributed by atoms with Crippen molar-refractivity contribution in [3.8, 4) is 0 Å². The number of hydrogen-bond donors (Lipinski definition) is 3. The molecule has 0 spiro atoms. The Kier molecular flexibility index (Phi) is 8.67. The maximum atomic E-state index is 12.8. The number of alkyl carbamates (subject to hydrolysis) is 1. The van der Waals surface area contributed by atoms with Gasteiger partial charge in [0.15, 0.2) is 0 Å². The van der Waals surface area contributed by atoms with Gasteiger partial charge < -0.3 is 25.5 Å². The second kappa shape index (κ2) is 10.8. The smallest absolute Gasteiger partial charge is 0.408 e. The van der Waals surface area contributed by atoms with Gasteiger partial charge in [-0.3, -0.25) is 9.59 Å². The summed E-state index contributed by atoms with van der Waals surface area (Å²) in [6.45, 7) is 8.92. The van der Waals surface area contributed by atoms with E-state index in [1.54, 1.807) is 0 Å². The summed E-state index contributed by atoms with van der Waals surface area (Å²) in [5.74, 6) is -0.641. The molecule has 3 atom stereocenters. The average molecular weight is 424 g/mol. The predicted octanol–water partition coefficient (Wildman–Crippen LogP) is 2.31. The van der Waals surface area contributed by atoms with Crippen LogP contribution >= 0.6 is 0 Å². The first-order valence-electron chi connectivity index (χ1n) is 11.1. The summed E-state index contributed by atoms with van der Waals surface area (Å²) >= 11 is 0. The summed E-state index contributed by atoms with van der Waals surface area (Å²) in [6, 6.07) is -1.56. The van der Waals surface area contributed by atoms with E-state index in [-0.39, 0.29) is 35.7 Å². The molecule has 8 heteroatoms. The van der Waals surface area contributed by atoms with Crippen LogP contribution in [0.25, 0.3) is 0 Å². The Morgan fingerprint density at radius 3 is 2.40 bits per heavy atom. The van der Waals surface area contributed by atoms with Gasteiger partial charge in [0.2, 0.25) is 11.8 Å². The van der Waals surface area contributed by atoms with Gasteiger partial charge >= 0.3 is 6.09 Å². The molecule has 2 fully saturated rings. The molecule has 30 heavy (non-hydrogen) atoms. The fraction of sp³-hybridized carbons (Fsp3) is 0.818. The summed E-state index contributed by atoms with van der Waals surface area (Å²) < 4.78 is 5.55. The number of aldehydes is 1. The lowest BCUT2D eigenvalue weighted by Crippen LogP contribution is -2.51. The molecule has 3 N–H and O–H groups in total. The molecule has 8 nitrogen and oxygen atoms in total. The standard InChI is InChI=1S/C22H37N3O5/c1-14(2)11-18(25-21(29)30-17-5-8-22(3,4)9-6-17)20(28)24-16(13-26)12-15-7-10-23-19(15)27/h13-18H,5-12H2,1-4H3,(H,23,27)(H,24,28)(H,25,29)/t15-,16-,18-/m0/s1. The normalized spacial score (nSPS) is 23.4. The Labute approximate surface area is 179 Å². The van der Waals surface area contributed by atoms with E-state index >= 15 is 0 Å². The average Bonchev–Trinajstić information content (AvgIpc) is 3.06. The van der Waals surface area contributed by atoms with E-state index in [1.165, 1.54) is 0 Å². The molecule has 0 bridgehead atoms. The summed E-state index contributed by atoms with van der Waals surface area (Å²) in [6.07, 6.45) is 4.88. The van der Waals surface area contributed by atoms with Gasteiger partial charge in [-0.1, -0.05) is 27.7 Å². The molecule has 1 saturated heterocycles. The number of nitrogens with one attached hydrogen (secondary N) is 3. The molecule has 0 aromatic heterocycles. The third-order valence-electron chi connectivity index (χ3n) is 6.07. The predicted molar refractivity (Wildman–Crippen MR) is 113 cm³/mol. The van der Waals surface area contributed by atoms with Crippen molar-refractivity contribution in [3.63, 3.8) is 0 Å². The Morgan fingerprint density at radius 1 is 1.20 bits per heavy atom. The Hall–Kier alpha value is -2.12. The van der Waals surface area contributed by atoms with Gasteiger partial charge in [-0.15, -0.1) is 0 Å². The van der Waals surface area contributed by atoms with Gasteiger partial charge in [0.05, 0.1) is 6.04 Å². The Bertz CT molecular complexity index is 624. The third-order valence-corrected chi connectivity index (χ3v) is 6.07. The second-order valence-electron chi connectivity index (χ2n) is 9.86. The van der Waals surface area contributed by atoms with Crippen LogP contribution in [0.4, 0.5) is 4.79 Å². The van der Waals surface area contributed by atoms with E-state index in [4.69, 9.17) is 4.74 Å². The maximum absolute atomic E-state index is 12.8. The minimum Gasteiger partial charge on any atom is -0.446 e. The third kappa shape index (κ3) is 7.61.